The third-order valence-corrected chi connectivity index (χ3v) is 3.35. The summed E-state index contributed by atoms with van der Waals surface area (Å²) in [4.78, 5) is 0.178. The predicted octanol–water partition coefficient (Wildman–Crippen LogP) is 2.09. The molecule has 5 heteroatoms. The molecule has 0 spiro atoms. The zero-order chi connectivity index (χ0) is 11.3. The van der Waals surface area contributed by atoms with Crippen LogP contribution in [0.1, 0.15) is 12.0 Å². The van der Waals surface area contributed by atoms with E-state index in [1.54, 1.807) is 12.1 Å². The summed E-state index contributed by atoms with van der Waals surface area (Å²) in [5.74, 6) is 0. The van der Waals surface area contributed by atoms with Crippen LogP contribution in [0.4, 0.5) is 0 Å². The van der Waals surface area contributed by atoms with Crippen LogP contribution in [0.3, 0.4) is 0 Å². The fraction of sp³-hybridized carbons (Fsp3) is 0.300. The highest BCUT2D eigenvalue weighted by Gasteiger charge is 2.13. The van der Waals surface area contributed by atoms with Gasteiger partial charge in [-0.2, -0.15) is 8.42 Å². The first-order valence-electron chi connectivity index (χ1n) is 4.46. The van der Waals surface area contributed by atoms with E-state index in [2.05, 4.69) is 12.2 Å². The van der Waals surface area contributed by atoms with Gasteiger partial charge in [0.05, 0.1) is 11.5 Å². The Labute approximate surface area is 95.2 Å². The normalized spacial score (nSPS) is 11.3. The summed E-state index contributed by atoms with van der Waals surface area (Å²) in [7, 11) is -3.62. The van der Waals surface area contributed by atoms with E-state index in [1.807, 2.05) is 6.92 Å². The molecule has 0 atom stereocenters. The fourth-order valence-electron chi connectivity index (χ4n) is 0.979. The minimum absolute atomic E-state index is 0.0969. The van der Waals surface area contributed by atoms with Gasteiger partial charge in [0.25, 0.3) is 10.1 Å². The van der Waals surface area contributed by atoms with Crippen LogP contribution in [0.25, 0.3) is 0 Å². The minimum atomic E-state index is -3.62. The van der Waals surface area contributed by atoms with Crippen LogP contribution in [0.2, 0.25) is 0 Å². The predicted molar refractivity (Wildman–Crippen MR) is 62.6 cm³/mol. The van der Waals surface area contributed by atoms with E-state index in [9.17, 15) is 8.42 Å². The minimum Gasteiger partial charge on any atom is -0.266 e. The van der Waals surface area contributed by atoms with Gasteiger partial charge >= 0.3 is 0 Å². The molecule has 1 aromatic carbocycles. The third kappa shape index (κ3) is 3.70. The molecule has 0 aliphatic carbocycles. The number of benzene rings is 1. The van der Waals surface area contributed by atoms with Crippen molar-refractivity contribution in [3.8, 4) is 0 Å². The van der Waals surface area contributed by atoms with E-state index >= 15 is 0 Å². The molecule has 0 aliphatic rings. The lowest BCUT2D eigenvalue weighted by Gasteiger charge is -2.04. The number of hydrogen-bond donors (Lipinski definition) is 0. The molecule has 0 unspecified atom stereocenters. The summed E-state index contributed by atoms with van der Waals surface area (Å²) < 4.78 is 27.9. The highest BCUT2D eigenvalue weighted by molar-refractivity contribution is 7.86. The summed E-state index contributed by atoms with van der Waals surface area (Å²) in [5, 5.41) is 1.45. The van der Waals surface area contributed by atoms with E-state index in [0.717, 1.165) is 5.56 Å². The summed E-state index contributed by atoms with van der Waals surface area (Å²) in [6.45, 7) is 1.99. The first-order chi connectivity index (χ1) is 7.06. The van der Waals surface area contributed by atoms with Crippen molar-refractivity contribution < 1.29 is 12.6 Å². The highest BCUT2D eigenvalue weighted by atomic mass is 32.2. The van der Waals surface area contributed by atoms with E-state index in [4.69, 9.17) is 4.18 Å². The lowest BCUT2D eigenvalue weighted by molar-refractivity contribution is 0.330. The molecule has 0 radical (unpaired) electrons. The van der Waals surface area contributed by atoms with E-state index < -0.39 is 10.1 Å². The average Bonchev–Trinajstić information content (AvgIpc) is 2.18. The van der Waals surface area contributed by atoms with Crippen LogP contribution in [-0.4, -0.2) is 20.4 Å². The molecule has 1 aromatic rings. The lowest BCUT2D eigenvalue weighted by Crippen LogP contribution is -2.07. The van der Waals surface area contributed by atoms with Crippen molar-refractivity contribution >= 4 is 27.7 Å². The number of aryl methyl sites for hydroxylation is 1. The van der Waals surface area contributed by atoms with Crippen molar-refractivity contribution in [3.63, 3.8) is 0 Å². The Balaban J connectivity index is 2.77. The van der Waals surface area contributed by atoms with E-state index in [-0.39, 0.29) is 11.5 Å². The van der Waals surface area contributed by atoms with Gasteiger partial charge in [-0.1, -0.05) is 29.9 Å². The lowest BCUT2D eigenvalue weighted by atomic mass is 10.2. The van der Waals surface area contributed by atoms with Gasteiger partial charge in [0.15, 0.2) is 0 Å². The molecule has 0 saturated heterocycles. The summed E-state index contributed by atoms with van der Waals surface area (Å²) in [6, 6.07) is 6.52. The van der Waals surface area contributed by atoms with Gasteiger partial charge in [-0.15, -0.1) is 0 Å². The van der Waals surface area contributed by atoms with Crippen LogP contribution in [0, 0.1) is 6.92 Å². The average molecular weight is 244 g/mol. The van der Waals surface area contributed by atoms with Crippen LogP contribution in [-0.2, 0) is 14.3 Å². The second-order valence-electron chi connectivity index (χ2n) is 3.04. The van der Waals surface area contributed by atoms with E-state index in [1.165, 1.54) is 17.5 Å². The first-order valence-corrected chi connectivity index (χ1v) is 6.34. The second kappa shape index (κ2) is 5.34. The van der Waals surface area contributed by atoms with Crippen molar-refractivity contribution in [3.05, 3.63) is 29.8 Å². The number of thiocarbonyl (C=S) groups is 1. The number of rotatable bonds is 5. The molecule has 15 heavy (non-hydrogen) atoms. The van der Waals surface area contributed by atoms with Crippen molar-refractivity contribution in [1.82, 2.24) is 0 Å². The van der Waals surface area contributed by atoms with Crippen LogP contribution in [0.15, 0.2) is 29.2 Å². The summed E-state index contributed by atoms with van der Waals surface area (Å²) >= 11 is 4.57. The molecule has 0 bridgehead atoms. The molecular weight excluding hydrogens is 232 g/mol. The Hall–Kier alpha value is -0.780. The maximum atomic E-state index is 11.5. The van der Waals surface area contributed by atoms with Crippen LogP contribution < -0.4 is 0 Å². The Kier molecular flexibility index (Phi) is 4.38. The zero-order valence-corrected chi connectivity index (χ0v) is 9.98. The maximum absolute atomic E-state index is 11.5. The Bertz CT molecular complexity index is 420. The molecule has 0 heterocycles. The SMILES string of the molecule is Cc1ccc(S(=O)(=O)OCCC=S)cc1. The van der Waals surface area contributed by atoms with Gasteiger partial charge in [0.1, 0.15) is 0 Å². The molecule has 0 amide bonds. The van der Waals surface area contributed by atoms with E-state index in [0.29, 0.717) is 6.42 Å². The topological polar surface area (TPSA) is 43.4 Å². The van der Waals surface area contributed by atoms with Crippen LogP contribution in [0.5, 0.6) is 0 Å². The molecule has 1 rings (SSSR count). The fourth-order valence-corrected chi connectivity index (χ4v) is 2.00. The first kappa shape index (κ1) is 12.3. The quantitative estimate of drug-likeness (QED) is 0.452. The van der Waals surface area contributed by atoms with Gasteiger partial charge in [-0.3, -0.25) is 4.18 Å². The highest BCUT2D eigenvalue weighted by Crippen LogP contribution is 2.13. The molecule has 0 saturated carbocycles. The molecule has 0 aromatic heterocycles. The second-order valence-corrected chi connectivity index (χ2v) is 4.99. The Morgan fingerprint density at radius 1 is 1.33 bits per heavy atom. The standard InChI is InChI=1S/C10H12O3S2/c1-9-3-5-10(6-4-9)15(11,12)13-7-2-8-14/h3-6,8H,2,7H2,1H3. The smallest absolute Gasteiger partial charge is 0.266 e. The monoisotopic (exact) mass is 244 g/mol. The summed E-state index contributed by atoms with van der Waals surface area (Å²) in [5.41, 5.74) is 1.01. The molecule has 0 fully saturated rings. The van der Waals surface area contributed by atoms with Crippen molar-refractivity contribution in [2.75, 3.05) is 6.61 Å². The van der Waals surface area contributed by atoms with Crippen LogP contribution >= 0.6 is 12.2 Å². The maximum Gasteiger partial charge on any atom is 0.296 e. The van der Waals surface area contributed by atoms with Gasteiger partial charge in [0, 0.05) is 6.42 Å². The zero-order valence-electron chi connectivity index (χ0n) is 8.34. The van der Waals surface area contributed by atoms with Gasteiger partial charge < -0.3 is 0 Å². The van der Waals surface area contributed by atoms with Crippen molar-refractivity contribution in [2.24, 2.45) is 0 Å². The molecule has 0 aliphatic heterocycles. The van der Waals surface area contributed by atoms with Crippen molar-refractivity contribution in [2.45, 2.75) is 18.2 Å². The molecule has 0 N–H and O–H groups in total. The molecule has 82 valence electrons. The Morgan fingerprint density at radius 2 is 1.93 bits per heavy atom. The van der Waals surface area contributed by atoms with Gasteiger partial charge in [-0.25, -0.2) is 0 Å². The largest absolute Gasteiger partial charge is 0.296 e. The summed E-state index contributed by atoms with van der Waals surface area (Å²) in [6.07, 6.45) is 0.445. The van der Waals surface area contributed by atoms with Crippen molar-refractivity contribution in [1.29, 1.82) is 0 Å². The molecule has 3 nitrogen and oxygen atoms in total. The third-order valence-electron chi connectivity index (χ3n) is 1.78. The van der Waals surface area contributed by atoms with Gasteiger partial charge in [0.2, 0.25) is 0 Å². The Morgan fingerprint density at radius 3 is 2.47 bits per heavy atom. The van der Waals surface area contributed by atoms with Gasteiger partial charge in [-0.05, 0) is 24.4 Å². The molecular formula is C10H12O3S2. The number of hydrogen-bond acceptors (Lipinski definition) is 4.